The number of rotatable bonds is 0. The van der Waals surface area contributed by atoms with Crippen LogP contribution in [0.15, 0.2) is 60.7 Å². The van der Waals surface area contributed by atoms with Crippen LogP contribution in [0.5, 0.6) is 0 Å². The van der Waals surface area contributed by atoms with Crippen LogP contribution in [0.2, 0.25) is 0 Å². The molecule has 1 heteroatoms. The van der Waals surface area contributed by atoms with E-state index in [4.69, 9.17) is 0 Å². The van der Waals surface area contributed by atoms with Crippen LogP contribution in [0.4, 0.5) is 0 Å². The van der Waals surface area contributed by atoms with E-state index in [2.05, 4.69) is 65.6 Å². The van der Waals surface area contributed by atoms with E-state index in [1.165, 1.54) is 32.6 Å². The van der Waals surface area contributed by atoms with Crippen molar-refractivity contribution in [3.63, 3.8) is 0 Å². The average molecular weight is 247 g/mol. The summed E-state index contributed by atoms with van der Waals surface area (Å²) in [4.78, 5) is 3.47. The maximum atomic E-state index is 3.47. The van der Waals surface area contributed by atoms with Gasteiger partial charge in [-0.15, -0.1) is 0 Å². The molecule has 0 saturated carbocycles. The number of fused-ring (bicyclic) bond motifs is 5. The average Bonchev–Trinajstić information content (AvgIpc) is 2.88. The predicted octanol–water partition coefficient (Wildman–Crippen LogP) is 5.50. The largest absolute Gasteiger partial charge is 0.354 e. The number of H-pyrrole nitrogens is 1. The van der Waals surface area contributed by atoms with Gasteiger partial charge in [-0.25, -0.2) is 0 Å². The summed E-state index contributed by atoms with van der Waals surface area (Å²) in [5.41, 5.74) is 2.42. The van der Waals surface area contributed by atoms with Gasteiger partial charge in [0.25, 0.3) is 0 Å². The summed E-state index contributed by atoms with van der Waals surface area (Å²) in [6.07, 6.45) is 0. The second-order valence-electron chi connectivity index (χ2n) is 4.38. The maximum Gasteiger partial charge on any atom is 0.0471 e. The maximum absolute atomic E-state index is 3.47. The zero-order valence-corrected chi connectivity index (χ0v) is 11.3. The molecule has 0 aliphatic heterocycles. The van der Waals surface area contributed by atoms with Crippen LogP contribution in [0.25, 0.3) is 32.6 Å². The number of hydrogen-bond donors (Lipinski definition) is 1. The first-order valence-electron chi connectivity index (χ1n) is 6.82. The molecule has 0 amide bonds. The van der Waals surface area contributed by atoms with Gasteiger partial charge in [0.1, 0.15) is 0 Å². The lowest BCUT2D eigenvalue weighted by Crippen LogP contribution is -1.73. The molecule has 1 heterocycles. The van der Waals surface area contributed by atoms with Crippen LogP contribution in [-0.4, -0.2) is 4.98 Å². The minimum Gasteiger partial charge on any atom is -0.354 e. The van der Waals surface area contributed by atoms with Crippen molar-refractivity contribution in [2.24, 2.45) is 0 Å². The van der Waals surface area contributed by atoms with E-state index in [9.17, 15) is 0 Å². The van der Waals surface area contributed by atoms with Crippen LogP contribution in [0, 0.1) is 0 Å². The fourth-order valence-corrected chi connectivity index (χ4v) is 2.62. The topological polar surface area (TPSA) is 15.8 Å². The summed E-state index contributed by atoms with van der Waals surface area (Å²) in [6, 6.07) is 21.4. The highest BCUT2D eigenvalue weighted by atomic mass is 14.7. The van der Waals surface area contributed by atoms with Crippen molar-refractivity contribution < 1.29 is 0 Å². The molecule has 0 saturated heterocycles. The van der Waals surface area contributed by atoms with Gasteiger partial charge in [-0.05, 0) is 22.9 Å². The Hall–Kier alpha value is -2.28. The molecule has 4 rings (SSSR count). The normalized spacial score (nSPS) is 10.6. The molecule has 1 aromatic heterocycles. The van der Waals surface area contributed by atoms with Gasteiger partial charge < -0.3 is 4.98 Å². The quantitative estimate of drug-likeness (QED) is 0.422. The lowest BCUT2D eigenvalue weighted by molar-refractivity contribution is 1.50. The highest BCUT2D eigenvalue weighted by molar-refractivity contribution is 6.20. The third-order valence-corrected chi connectivity index (χ3v) is 3.39. The second-order valence-corrected chi connectivity index (χ2v) is 4.38. The van der Waals surface area contributed by atoms with E-state index in [1.54, 1.807) is 0 Å². The zero-order valence-electron chi connectivity index (χ0n) is 11.3. The van der Waals surface area contributed by atoms with Gasteiger partial charge >= 0.3 is 0 Å². The number of aromatic nitrogens is 1. The molecule has 0 atom stereocenters. The van der Waals surface area contributed by atoms with Crippen molar-refractivity contribution in [2.75, 3.05) is 0 Å². The Bertz CT molecular complexity index is 834. The Morgan fingerprint density at radius 2 is 1.32 bits per heavy atom. The van der Waals surface area contributed by atoms with E-state index in [0.29, 0.717) is 0 Å². The molecule has 0 radical (unpaired) electrons. The Balaban J connectivity index is 0.000000528. The van der Waals surface area contributed by atoms with Crippen LogP contribution in [-0.2, 0) is 0 Å². The van der Waals surface area contributed by atoms with Crippen molar-refractivity contribution in [1.82, 2.24) is 4.98 Å². The highest BCUT2D eigenvalue weighted by Crippen LogP contribution is 2.31. The van der Waals surface area contributed by atoms with Crippen molar-refractivity contribution in [2.45, 2.75) is 13.8 Å². The molecule has 0 unspecified atom stereocenters. The van der Waals surface area contributed by atoms with Gasteiger partial charge in [-0.3, -0.25) is 0 Å². The molecule has 19 heavy (non-hydrogen) atoms. The molecule has 0 fully saturated rings. The van der Waals surface area contributed by atoms with E-state index < -0.39 is 0 Å². The first-order valence-corrected chi connectivity index (χ1v) is 6.82. The number of hydrogen-bond acceptors (Lipinski definition) is 0. The standard InChI is InChI=1S/C16H11N.C2H6/c1-2-6-12-11(5-1)9-10-15-16(12)13-7-3-4-8-14(13)17-15;1-2/h1-10,17H;1-2H3. The summed E-state index contributed by atoms with van der Waals surface area (Å²) in [5, 5.41) is 5.25. The third-order valence-electron chi connectivity index (χ3n) is 3.39. The Labute approximate surface area is 112 Å². The fourth-order valence-electron chi connectivity index (χ4n) is 2.62. The molecule has 0 spiro atoms. The molecular formula is C18H17N. The van der Waals surface area contributed by atoms with Crippen molar-refractivity contribution in [3.05, 3.63) is 60.7 Å². The predicted molar refractivity (Wildman–Crippen MR) is 84.7 cm³/mol. The summed E-state index contributed by atoms with van der Waals surface area (Å²) >= 11 is 0. The minimum atomic E-state index is 1.21. The molecule has 1 N–H and O–H groups in total. The first-order chi connectivity index (χ1) is 9.43. The monoisotopic (exact) mass is 247 g/mol. The number of benzene rings is 3. The van der Waals surface area contributed by atoms with E-state index in [0.717, 1.165) is 0 Å². The number of aromatic amines is 1. The molecule has 4 aromatic rings. The summed E-state index contributed by atoms with van der Waals surface area (Å²) in [5.74, 6) is 0. The van der Waals surface area contributed by atoms with Crippen LogP contribution in [0.1, 0.15) is 13.8 Å². The number of para-hydroxylation sites is 1. The molecule has 94 valence electrons. The number of nitrogens with one attached hydrogen (secondary N) is 1. The summed E-state index contributed by atoms with van der Waals surface area (Å²) in [7, 11) is 0. The van der Waals surface area contributed by atoms with E-state index in [-0.39, 0.29) is 0 Å². The van der Waals surface area contributed by atoms with Crippen LogP contribution < -0.4 is 0 Å². The molecule has 0 aliphatic carbocycles. The van der Waals surface area contributed by atoms with Gasteiger partial charge in [0.15, 0.2) is 0 Å². The van der Waals surface area contributed by atoms with Crippen LogP contribution >= 0.6 is 0 Å². The Morgan fingerprint density at radius 3 is 2.16 bits per heavy atom. The minimum absolute atomic E-state index is 1.21. The van der Waals surface area contributed by atoms with Gasteiger partial charge in [0, 0.05) is 21.8 Å². The van der Waals surface area contributed by atoms with Gasteiger partial charge in [0.05, 0.1) is 0 Å². The van der Waals surface area contributed by atoms with Crippen LogP contribution in [0.3, 0.4) is 0 Å². The van der Waals surface area contributed by atoms with Crippen molar-refractivity contribution >= 4 is 32.6 Å². The molecule has 3 aromatic carbocycles. The van der Waals surface area contributed by atoms with Gasteiger partial charge in [-0.1, -0.05) is 62.4 Å². The SMILES string of the molecule is CC.c1ccc2c(c1)ccc1[nH]c3ccccc3c12. The lowest BCUT2D eigenvalue weighted by atomic mass is 10.0. The highest BCUT2D eigenvalue weighted by Gasteiger charge is 2.06. The second kappa shape index (κ2) is 4.77. The molecular weight excluding hydrogens is 230 g/mol. The third kappa shape index (κ3) is 1.78. The fraction of sp³-hybridized carbons (Fsp3) is 0.111. The Kier molecular flexibility index (Phi) is 2.96. The van der Waals surface area contributed by atoms with E-state index >= 15 is 0 Å². The van der Waals surface area contributed by atoms with Gasteiger partial charge in [-0.2, -0.15) is 0 Å². The lowest BCUT2D eigenvalue weighted by Gasteiger charge is -1.99. The first kappa shape index (κ1) is 11.8. The summed E-state index contributed by atoms with van der Waals surface area (Å²) in [6.45, 7) is 4.00. The van der Waals surface area contributed by atoms with Gasteiger partial charge in [0.2, 0.25) is 0 Å². The van der Waals surface area contributed by atoms with Crippen molar-refractivity contribution in [3.8, 4) is 0 Å². The zero-order chi connectivity index (χ0) is 13.2. The molecule has 1 nitrogen and oxygen atoms in total. The summed E-state index contributed by atoms with van der Waals surface area (Å²) < 4.78 is 0. The van der Waals surface area contributed by atoms with Crippen molar-refractivity contribution in [1.29, 1.82) is 0 Å². The van der Waals surface area contributed by atoms with E-state index in [1.807, 2.05) is 13.8 Å². The smallest absolute Gasteiger partial charge is 0.0471 e. The molecule has 0 bridgehead atoms. The Morgan fingerprint density at radius 1 is 0.632 bits per heavy atom. The molecule has 0 aliphatic rings.